The third kappa shape index (κ3) is 5.56. The van der Waals surface area contributed by atoms with Crippen molar-refractivity contribution in [1.82, 2.24) is 24.3 Å². The number of benzene rings is 1. The van der Waals surface area contributed by atoms with Crippen LogP contribution in [0.3, 0.4) is 0 Å². The minimum Gasteiger partial charge on any atom is -0.394 e. The van der Waals surface area contributed by atoms with Crippen molar-refractivity contribution in [2.24, 2.45) is 5.73 Å². The number of aliphatic hydroxyl groups is 1. The topological polar surface area (TPSA) is 110 Å². The molecule has 0 aliphatic carbocycles. The van der Waals surface area contributed by atoms with E-state index in [2.05, 4.69) is 26.6 Å². The average Bonchev–Trinajstić information content (AvgIpc) is 3.29. The van der Waals surface area contributed by atoms with Crippen LogP contribution in [-0.2, 0) is 22.6 Å². The van der Waals surface area contributed by atoms with Gasteiger partial charge in [0.15, 0.2) is 0 Å². The highest BCUT2D eigenvalue weighted by Gasteiger charge is 2.25. The summed E-state index contributed by atoms with van der Waals surface area (Å²) in [6.45, 7) is 4.39. The largest absolute Gasteiger partial charge is 0.394 e. The van der Waals surface area contributed by atoms with Crippen molar-refractivity contribution in [3.63, 3.8) is 0 Å². The molecule has 1 aliphatic heterocycles. The number of fused-ring (bicyclic) bond motifs is 3. The number of aliphatic hydroxyl groups excluding tert-OH is 1. The molecule has 1 fully saturated rings. The summed E-state index contributed by atoms with van der Waals surface area (Å²) in [4.78, 5) is 26.8. The highest BCUT2D eigenvalue weighted by Crippen LogP contribution is 2.32. The predicted octanol–water partition coefficient (Wildman–Crippen LogP) is 2.72. The van der Waals surface area contributed by atoms with Gasteiger partial charge in [-0.25, -0.2) is 0 Å². The molecule has 1 amide bonds. The van der Waals surface area contributed by atoms with Crippen molar-refractivity contribution < 1.29 is 14.6 Å². The molecule has 1 saturated heterocycles. The summed E-state index contributed by atoms with van der Waals surface area (Å²) in [5.74, 6) is 0.0762. The van der Waals surface area contributed by atoms with Gasteiger partial charge in [-0.05, 0) is 50.2 Å². The highest BCUT2D eigenvalue weighted by molar-refractivity contribution is 6.09. The monoisotopic (exact) mass is 516 g/mol. The molecule has 0 bridgehead atoms. The molecule has 5 rings (SSSR count). The molecule has 9 heteroatoms. The molecular weight excluding hydrogens is 480 g/mol. The van der Waals surface area contributed by atoms with Crippen LogP contribution in [0.15, 0.2) is 60.9 Å². The minimum absolute atomic E-state index is 0.0614. The number of hydrogen-bond acceptors (Lipinski definition) is 7. The van der Waals surface area contributed by atoms with E-state index >= 15 is 0 Å². The minimum atomic E-state index is -0.279. The molecule has 0 radical (unpaired) electrons. The Morgan fingerprint density at radius 2 is 1.84 bits per heavy atom. The van der Waals surface area contributed by atoms with E-state index in [0.29, 0.717) is 39.4 Å². The number of para-hydroxylation sites is 1. The zero-order chi connectivity index (χ0) is 26.3. The first-order valence-corrected chi connectivity index (χ1v) is 13.4. The SMILES string of the molecule is NCCCCN(Cc1nccc2c3ccccc3n(CC(=O)N3CCOCC3)c12)C(CO)c1ccccn1. The van der Waals surface area contributed by atoms with Gasteiger partial charge in [-0.3, -0.25) is 19.7 Å². The standard InChI is InChI=1S/C29H36N6O3/c30-11-4-6-14-34(27(21-36)24-8-3-5-12-31-24)19-25-29-23(10-13-32-25)22-7-1-2-9-26(22)35(29)20-28(37)33-15-17-38-18-16-33/h1-3,5,7-10,12-13,27,36H,4,6,11,14-21,30H2. The molecule has 4 heterocycles. The number of aromatic nitrogens is 3. The number of rotatable bonds is 11. The van der Waals surface area contributed by atoms with Crippen molar-refractivity contribution in [3.05, 3.63) is 72.3 Å². The maximum absolute atomic E-state index is 13.4. The predicted molar refractivity (Wildman–Crippen MR) is 147 cm³/mol. The quantitative estimate of drug-likeness (QED) is 0.295. The Bertz CT molecular complexity index is 1350. The van der Waals surface area contributed by atoms with E-state index < -0.39 is 0 Å². The van der Waals surface area contributed by atoms with Crippen LogP contribution in [-0.4, -0.2) is 81.3 Å². The number of unbranched alkanes of at least 4 members (excludes halogenated alkanes) is 1. The van der Waals surface area contributed by atoms with E-state index in [9.17, 15) is 9.90 Å². The lowest BCUT2D eigenvalue weighted by Crippen LogP contribution is -2.42. The molecule has 0 spiro atoms. The second kappa shape index (κ2) is 12.4. The van der Waals surface area contributed by atoms with Gasteiger partial charge in [0.05, 0.1) is 42.8 Å². The number of nitrogens with zero attached hydrogens (tertiary/aromatic N) is 5. The third-order valence-electron chi connectivity index (χ3n) is 7.31. The number of nitrogens with two attached hydrogens (primary N) is 1. The zero-order valence-corrected chi connectivity index (χ0v) is 21.7. The van der Waals surface area contributed by atoms with Crippen LogP contribution in [0.4, 0.5) is 0 Å². The Morgan fingerprint density at radius 3 is 2.61 bits per heavy atom. The van der Waals surface area contributed by atoms with E-state index in [1.54, 1.807) is 6.20 Å². The van der Waals surface area contributed by atoms with E-state index in [1.807, 2.05) is 47.5 Å². The zero-order valence-electron chi connectivity index (χ0n) is 21.7. The van der Waals surface area contributed by atoms with Crippen molar-refractivity contribution in [1.29, 1.82) is 0 Å². The molecule has 9 nitrogen and oxygen atoms in total. The van der Waals surface area contributed by atoms with Gasteiger partial charge in [0.1, 0.15) is 6.54 Å². The van der Waals surface area contributed by atoms with Crippen molar-refractivity contribution >= 4 is 27.7 Å². The average molecular weight is 517 g/mol. The van der Waals surface area contributed by atoms with Gasteiger partial charge in [-0.1, -0.05) is 24.3 Å². The van der Waals surface area contributed by atoms with Gasteiger partial charge in [-0.2, -0.15) is 0 Å². The maximum atomic E-state index is 13.4. The summed E-state index contributed by atoms with van der Waals surface area (Å²) in [6, 6.07) is 15.7. The van der Waals surface area contributed by atoms with Gasteiger partial charge < -0.3 is 25.0 Å². The van der Waals surface area contributed by atoms with Crippen LogP contribution < -0.4 is 5.73 Å². The second-order valence-electron chi connectivity index (χ2n) is 9.67. The summed E-state index contributed by atoms with van der Waals surface area (Å²) in [6.07, 6.45) is 5.38. The summed E-state index contributed by atoms with van der Waals surface area (Å²) >= 11 is 0. The van der Waals surface area contributed by atoms with Crippen LogP contribution in [0.1, 0.15) is 30.3 Å². The van der Waals surface area contributed by atoms with E-state index in [-0.39, 0.29) is 25.1 Å². The fraction of sp³-hybridized carbons (Fsp3) is 0.414. The number of hydrogen-bond donors (Lipinski definition) is 2. The van der Waals surface area contributed by atoms with Crippen LogP contribution in [0.25, 0.3) is 21.8 Å². The van der Waals surface area contributed by atoms with E-state index in [4.69, 9.17) is 15.5 Å². The second-order valence-corrected chi connectivity index (χ2v) is 9.67. The van der Waals surface area contributed by atoms with Gasteiger partial charge in [0, 0.05) is 48.3 Å². The number of pyridine rings is 2. The van der Waals surface area contributed by atoms with Crippen molar-refractivity contribution in [3.8, 4) is 0 Å². The Morgan fingerprint density at radius 1 is 1.03 bits per heavy atom. The summed E-state index contributed by atoms with van der Waals surface area (Å²) < 4.78 is 7.56. The summed E-state index contributed by atoms with van der Waals surface area (Å²) in [7, 11) is 0. The first-order chi connectivity index (χ1) is 18.7. The van der Waals surface area contributed by atoms with Gasteiger partial charge >= 0.3 is 0 Å². The van der Waals surface area contributed by atoms with Gasteiger partial charge in [-0.15, -0.1) is 0 Å². The molecule has 4 aromatic rings. The lowest BCUT2D eigenvalue weighted by Gasteiger charge is -2.30. The van der Waals surface area contributed by atoms with Crippen LogP contribution in [0.2, 0.25) is 0 Å². The number of ether oxygens (including phenoxy) is 1. The lowest BCUT2D eigenvalue weighted by molar-refractivity contribution is -0.135. The van der Waals surface area contributed by atoms with Crippen LogP contribution >= 0.6 is 0 Å². The molecular formula is C29H36N6O3. The fourth-order valence-electron chi connectivity index (χ4n) is 5.37. The molecule has 1 atom stereocenters. The van der Waals surface area contributed by atoms with Gasteiger partial charge in [0.2, 0.25) is 5.91 Å². The molecule has 1 aromatic carbocycles. The van der Waals surface area contributed by atoms with Crippen LogP contribution in [0, 0.1) is 0 Å². The molecule has 1 unspecified atom stereocenters. The number of morpholine rings is 1. The Balaban J connectivity index is 1.55. The first kappa shape index (κ1) is 26.2. The van der Waals surface area contributed by atoms with Crippen molar-refractivity contribution in [2.45, 2.75) is 32.0 Å². The number of carbonyl (C=O) groups is 1. The number of carbonyl (C=O) groups excluding carboxylic acids is 1. The fourth-order valence-corrected chi connectivity index (χ4v) is 5.37. The smallest absolute Gasteiger partial charge is 0.242 e. The Labute approximate surface area is 222 Å². The molecule has 1 aliphatic rings. The molecule has 200 valence electrons. The van der Waals surface area contributed by atoms with Gasteiger partial charge in [0.25, 0.3) is 0 Å². The Hall–Kier alpha value is -3.37. The maximum Gasteiger partial charge on any atom is 0.242 e. The van der Waals surface area contributed by atoms with E-state index in [0.717, 1.165) is 52.6 Å². The summed E-state index contributed by atoms with van der Waals surface area (Å²) in [5, 5.41) is 12.6. The van der Waals surface area contributed by atoms with E-state index in [1.165, 1.54) is 0 Å². The molecule has 3 aromatic heterocycles. The highest BCUT2D eigenvalue weighted by atomic mass is 16.5. The normalized spacial score (nSPS) is 15.0. The lowest BCUT2D eigenvalue weighted by atomic mass is 10.1. The third-order valence-corrected chi connectivity index (χ3v) is 7.31. The Kier molecular flexibility index (Phi) is 8.60. The molecule has 3 N–H and O–H groups in total. The molecule has 38 heavy (non-hydrogen) atoms. The van der Waals surface area contributed by atoms with Crippen molar-refractivity contribution in [2.75, 3.05) is 46.0 Å². The summed E-state index contributed by atoms with van der Waals surface area (Å²) in [5.41, 5.74) is 9.45. The number of amides is 1. The molecule has 0 saturated carbocycles. The first-order valence-electron chi connectivity index (χ1n) is 13.4. The van der Waals surface area contributed by atoms with Crippen LogP contribution in [0.5, 0.6) is 0 Å².